The summed E-state index contributed by atoms with van der Waals surface area (Å²) < 4.78 is 1.94. The molecule has 1 aromatic rings. The number of aromatic nitrogens is 2. The highest BCUT2D eigenvalue weighted by Gasteiger charge is 2.32. The van der Waals surface area contributed by atoms with Gasteiger partial charge in [-0.25, -0.2) is 0 Å². The monoisotopic (exact) mass is 209 g/mol. The van der Waals surface area contributed by atoms with E-state index in [0.717, 1.165) is 18.8 Å². The third-order valence-corrected chi connectivity index (χ3v) is 2.80. The molecule has 0 atom stereocenters. The molecular weight excluding hydrogens is 194 g/mol. The normalized spacial score (nSPS) is 17.7. The summed E-state index contributed by atoms with van der Waals surface area (Å²) >= 11 is 0. The Kier molecular flexibility index (Phi) is 2.73. The SMILES string of the molecule is CCn1nccc1CN1CC(C(=O)O)C1. The first-order chi connectivity index (χ1) is 7.20. The van der Waals surface area contributed by atoms with Gasteiger partial charge < -0.3 is 5.11 Å². The van der Waals surface area contributed by atoms with Crippen molar-refractivity contribution >= 4 is 5.97 Å². The maximum Gasteiger partial charge on any atom is 0.309 e. The van der Waals surface area contributed by atoms with Gasteiger partial charge >= 0.3 is 5.97 Å². The van der Waals surface area contributed by atoms with E-state index in [1.807, 2.05) is 17.7 Å². The number of likely N-dealkylation sites (tertiary alicyclic amines) is 1. The van der Waals surface area contributed by atoms with Gasteiger partial charge in [0.05, 0.1) is 11.6 Å². The molecule has 1 fully saturated rings. The molecule has 5 heteroatoms. The Labute approximate surface area is 88.3 Å². The standard InChI is InChI=1S/C10H15N3O2/c1-2-13-9(3-4-11-13)7-12-5-8(6-12)10(14)15/h3-4,8H,2,5-7H2,1H3,(H,14,15). The van der Waals surface area contributed by atoms with Crippen LogP contribution in [0.5, 0.6) is 0 Å². The molecule has 1 N–H and O–H groups in total. The zero-order chi connectivity index (χ0) is 10.8. The Morgan fingerprint density at radius 1 is 1.67 bits per heavy atom. The van der Waals surface area contributed by atoms with Gasteiger partial charge in [0, 0.05) is 32.4 Å². The maximum absolute atomic E-state index is 10.6. The molecule has 0 amide bonds. The topological polar surface area (TPSA) is 58.4 Å². The van der Waals surface area contributed by atoms with E-state index >= 15 is 0 Å². The maximum atomic E-state index is 10.6. The van der Waals surface area contributed by atoms with Gasteiger partial charge in [-0.2, -0.15) is 5.10 Å². The molecular formula is C10H15N3O2. The van der Waals surface area contributed by atoms with Crippen LogP contribution in [0.25, 0.3) is 0 Å². The Morgan fingerprint density at radius 3 is 3.00 bits per heavy atom. The molecule has 1 saturated heterocycles. The second-order valence-corrected chi connectivity index (χ2v) is 3.87. The molecule has 0 bridgehead atoms. The predicted molar refractivity (Wildman–Crippen MR) is 54.3 cm³/mol. The summed E-state index contributed by atoms with van der Waals surface area (Å²) in [5, 5.41) is 12.9. The van der Waals surface area contributed by atoms with Crippen LogP contribution in [0.1, 0.15) is 12.6 Å². The van der Waals surface area contributed by atoms with Crippen LogP contribution in [0.3, 0.4) is 0 Å². The molecule has 1 aliphatic rings. The van der Waals surface area contributed by atoms with Crippen molar-refractivity contribution in [2.75, 3.05) is 13.1 Å². The second-order valence-electron chi connectivity index (χ2n) is 3.87. The molecule has 0 aliphatic carbocycles. The Hall–Kier alpha value is -1.36. The summed E-state index contributed by atoms with van der Waals surface area (Å²) in [4.78, 5) is 12.7. The molecule has 1 aromatic heterocycles. The minimum atomic E-state index is -0.685. The Balaban J connectivity index is 1.87. The van der Waals surface area contributed by atoms with E-state index in [1.165, 1.54) is 0 Å². The van der Waals surface area contributed by atoms with Crippen LogP contribution in [0, 0.1) is 5.92 Å². The van der Waals surface area contributed by atoms with Gasteiger partial charge in [0.25, 0.3) is 0 Å². The van der Waals surface area contributed by atoms with E-state index < -0.39 is 5.97 Å². The number of aryl methyl sites for hydroxylation is 1. The molecule has 0 unspecified atom stereocenters. The second kappa shape index (κ2) is 4.02. The van der Waals surface area contributed by atoms with E-state index in [0.29, 0.717) is 13.1 Å². The Morgan fingerprint density at radius 2 is 2.40 bits per heavy atom. The van der Waals surface area contributed by atoms with Crippen molar-refractivity contribution in [3.63, 3.8) is 0 Å². The van der Waals surface area contributed by atoms with E-state index in [4.69, 9.17) is 5.11 Å². The number of hydrogen-bond acceptors (Lipinski definition) is 3. The van der Waals surface area contributed by atoms with Crippen LogP contribution in [0.15, 0.2) is 12.3 Å². The molecule has 82 valence electrons. The molecule has 2 rings (SSSR count). The highest BCUT2D eigenvalue weighted by Crippen LogP contribution is 2.18. The van der Waals surface area contributed by atoms with Crippen LogP contribution >= 0.6 is 0 Å². The van der Waals surface area contributed by atoms with Crippen molar-refractivity contribution in [3.05, 3.63) is 18.0 Å². The number of carboxylic acid groups (broad SMARTS) is 1. The smallest absolute Gasteiger partial charge is 0.309 e. The van der Waals surface area contributed by atoms with E-state index in [-0.39, 0.29) is 5.92 Å². The van der Waals surface area contributed by atoms with Crippen molar-refractivity contribution in [3.8, 4) is 0 Å². The first-order valence-corrected chi connectivity index (χ1v) is 5.16. The fraction of sp³-hybridized carbons (Fsp3) is 0.600. The molecule has 0 aromatic carbocycles. The van der Waals surface area contributed by atoms with Crippen LogP contribution in [0.4, 0.5) is 0 Å². The number of nitrogens with zero attached hydrogens (tertiary/aromatic N) is 3. The lowest BCUT2D eigenvalue weighted by molar-refractivity contribution is -0.147. The van der Waals surface area contributed by atoms with Gasteiger partial charge in [0.1, 0.15) is 0 Å². The van der Waals surface area contributed by atoms with Gasteiger partial charge in [0.15, 0.2) is 0 Å². The van der Waals surface area contributed by atoms with Crippen molar-refractivity contribution in [1.29, 1.82) is 0 Å². The van der Waals surface area contributed by atoms with Crippen molar-refractivity contribution in [1.82, 2.24) is 14.7 Å². The van der Waals surface area contributed by atoms with Gasteiger partial charge in [0.2, 0.25) is 0 Å². The molecule has 5 nitrogen and oxygen atoms in total. The van der Waals surface area contributed by atoms with Crippen molar-refractivity contribution < 1.29 is 9.90 Å². The number of rotatable bonds is 4. The number of hydrogen-bond donors (Lipinski definition) is 1. The van der Waals surface area contributed by atoms with Crippen LogP contribution in [-0.4, -0.2) is 38.8 Å². The van der Waals surface area contributed by atoms with E-state index in [9.17, 15) is 4.79 Å². The lowest BCUT2D eigenvalue weighted by Gasteiger charge is -2.36. The first-order valence-electron chi connectivity index (χ1n) is 5.16. The van der Waals surface area contributed by atoms with Crippen molar-refractivity contribution in [2.45, 2.75) is 20.0 Å². The van der Waals surface area contributed by atoms with Crippen LogP contribution in [-0.2, 0) is 17.9 Å². The Bertz CT molecular complexity index is 355. The van der Waals surface area contributed by atoms with Crippen molar-refractivity contribution in [2.24, 2.45) is 5.92 Å². The highest BCUT2D eigenvalue weighted by atomic mass is 16.4. The quantitative estimate of drug-likeness (QED) is 0.780. The zero-order valence-electron chi connectivity index (χ0n) is 8.76. The number of aliphatic carboxylic acids is 1. The van der Waals surface area contributed by atoms with Gasteiger partial charge in [-0.3, -0.25) is 14.4 Å². The number of carboxylic acids is 1. The summed E-state index contributed by atoms with van der Waals surface area (Å²) in [6.45, 7) is 5.03. The molecule has 0 saturated carbocycles. The molecule has 0 radical (unpaired) electrons. The minimum Gasteiger partial charge on any atom is -0.481 e. The molecule has 15 heavy (non-hydrogen) atoms. The average Bonchev–Trinajstić information content (AvgIpc) is 2.56. The lowest BCUT2D eigenvalue weighted by Crippen LogP contribution is -2.49. The summed E-state index contributed by atoms with van der Waals surface area (Å²) in [5.74, 6) is -0.863. The van der Waals surface area contributed by atoms with E-state index in [1.54, 1.807) is 6.20 Å². The fourth-order valence-electron chi connectivity index (χ4n) is 1.86. The minimum absolute atomic E-state index is 0.178. The van der Waals surface area contributed by atoms with Crippen LogP contribution in [0.2, 0.25) is 0 Å². The third-order valence-electron chi connectivity index (χ3n) is 2.80. The lowest BCUT2D eigenvalue weighted by atomic mass is 10.0. The largest absolute Gasteiger partial charge is 0.481 e. The van der Waals surface area contributed by atoms with Gasteiger partial charge in [-0.1, -0.05) is 0 Å². The van der Waals surface area contributed by atoms with Gasteiger partial charge in [-0.15, -0.1) is 0 Å². The zero-order valence-corrected chi connectivity index (χ0v) is 8.76. The van der Waals surface area contributed by atoms with E-state index in [2.05, 4.69) is 10.00 Å². The summed E-state index contributed by atoms with van der Waals surface area (Å²) in [5.41, 5.74) is 1.15. The fourth-order valence-corrected chi connectivity index (χ4v) is 1.86. The van der Waals surface area contributed by atoms with Gasteiger partial charge in [-0.05, 0) is 13.0 Å². The molecule has 1 aliphatic heterocycles. The molecule has 0 spiro atoms. The van der Waals surface area contributed by atoms with Crippen LogP contribution < -0.4 is 0 Å². The first kappa shape index (κ1) is 10.2. The molecule has 2 heterocycles. The highest BCUT2D eigenvalue weighted by molar-refractivity contribution is 5.71. The predicted octanol–water partition coefficient (Wildman–Crippen LogP) is 0.419. The summed E-state index contributed by atoms with van der Waals surface area (Å²) in [6.07, 6.45) is 1.79. The summed E-state index contributed by atoms with van der Waals surface area (Å²) in [6, 6.07) is 1.98. The summed E-state index contributed by atoms with van der Waals surface area (Å²) in [7, 11) is 0. The number of carbonyl (C=O) groups is 1. The average molecular weight is 209 g/mol. The third kappa shape index (κ3) is 2.02.